The summed E-state index contributed by atoms with van der Waals surface area (Å²) in [6.07, 6.45) is 1.92. The van der Waals surface area contributed by atoms with Gasteiger partial charge in [-0.15, -0.1) is 12.6 Å². The molecule has 0 fully saturated rings. The zero-order valence-electron chi connectivity index (χ0n) is 17.9. The van der Waals surface area contributed by atoms with Crippen LogP contribution in [0, 0.1) is 11.3 Å². The number of nitrogens with zero attached hydrogens (tertiary/aromatic N) is 2. The fraction of sp³-hybridized carbons (Fsp3) is 0.111. The van der Waals surface area contributed by atoms with Crippen LogP contribution in [0.4, 0.5) is 0 Å². The van der Waals surface area contributed by atoms with E-state index in [-0.39, 0.29) is 0 Å². The Morgan fingerprint density at radius 1 is 0.941 bits per heavy atom. The van der Waals surface area contributed by atoms with Gasteiger partial charge in [0.2, 0.25) is 17.3 Å². The second-order valence-corrected chi connectivity index (χ2v) is 9.46. The van der Waals surface area contributed by atoms with Gasteiger partial charge >= 0.3 is 0 Å². The monoisotopic (exact) mass is 504 g/mol. The molecule has 0 saturated heterocycles. The fourth-order valence-corrected chi connectivity index (χ4v) is 5.43. The molecular formula is C27H20Cl2N3OS+. The summed E-state index contributed by atoms with van der Waals surface area (Å²) in [5.74, 6) is -0.575. The Hall–Kier alpha value is -3.01. The zero-order chi connectivity index (χ0) is 23.9. The number of hydrogen-bond acceptors (Lipinski definition) is 4. The topological polar surface area (TPSA) is 59.9 Å². The largest absolute Gasteiger partial charge is 0.362 e. The van der Waals surface area contributed by atoms with Crippen molar-refractivity contribution in [2.45, 2.75) is 17.7 Å². The second kappa shape index (κ2) is 8.98. The summed E-state index contributed by atoms with van der Waals surface area (Å²) in [7, 11) is 0. The predicted octanol–water partition coefficient (Wildman–Crippen LogP) is 5.87. The molecule has 3 atom stereocenters. The molecule has 0 bridgehead atoms. The maximum absolute atomic E-state index is 12.4. The number of benzene rings is 3. The average molecular weight is 505 g/mol. The Kier molecular flexibility index (Phi) is 6.01. The third kappa shape index (κ3) is 3.73. The highest BCUT2D eigenvalue weighted by atomic mass is 35.5. The van der Waals surface area contributed by atoms with Gasteiger partial charge in [-0.3, -0.25) is 0 Å². The zero-order valence-corrected chi connectivity index (χ0v) is 20.3. The molecule has 1 aromatic heterocycles. The summed E-state index contributed by atoms with van der Waals surface area (Å²) in [5, 5.41) is 27.8. The van der Waals surface area contributed by atoms with Gasteiger partial charge < -0.3 is 10.4 Å². The Morgan fingerprint density at radius 3 is 2.38 bits per heavy atom. The molecule has 5 rings (SSSR count). The third-order valence-electron chi connectivity index (χ3n) is 6.29. The van der Waals surface area contributed by atoms with Crippen LogP contribution in [0.5, 0.6) is 0 Å². The van der Waals surface area contributed by atoms with Crippen molar-refractivity contribution in [3.05, 3.63) is 123 Å². The van der Waals surface area contributed by atoms with Crippen molar-refractivity contribution in [2.75, 3.05) is 0 Å². The molecule has 0 radical (unpaired) electrons. The lowest BCUT2D eigenvalue weighted by molar-refractivity contribution is -0.720. The van der Waals surface area contributed by atoms with Crippen molar-refractivity contribution in [1.29, 1.82) is 5.26 Å². The first-order chi connectivity index (χ1) is 16.4. The highest BCUT2D eigenvalue weighted by molar-refractivity contribution is 7.84. The van der Waals surface area contributed by atoms with E-state index in [1.165, 1.54) is 0 Å². The van der Waals surface area contributed by atoms with Gasteiger partial charge in [-0.1, -0.05) is 71.7 Å². The molecule has 4 nitrogen and oxygen atoms in total. The Bertz CT molecular complexity index is 1460. The van der Waals surface area contributed by atoms with Gasteiger partial charge in [0.05, 0.1) is 32.6 Å². The maximum Gasteiger partial charge on any atom is 0.227 e. The standard InChI is InChI=1S/C27H19Cl2N3OS/c28-21-13-12-18(15-22(21)29)24-20(16-30)26(34)31-27(33,19-9-2-1-3-10-19)25(24)32-14-6-8-17-7-4-5-11-23(17)32/h1-15,24-25,31,33H/p+1/t24-,25+,27+/m0/s1. The van der Waals surface area contributed by atoms with E-state index in [9.17, 15) is 10.4 Å². The van der Waals surface area contributed by atoms with Gasteiger partial charge in [-0.25, -0.2) is 0 Å². The molecule has 0 aliphatic carbocycles. The minimum Gasteiger partial charge on any atom is -0.362 e. The first-order valence-corrected chi connectivity index (χ1v) is 11.9. The summed E-state index contributed by atoms with van der Waals surface area (Å²) in [6, 6.07) is 28.2. The molecule has 2 heterocycles. The molecule has 4 aromatic rings. The fourth-order valence-electron chi connectivity index (χ4n) is 4.77. The third-order valence-corrected chi connectivity index (χ3v) is 7.38. The summed E-state index contributed by atoms with van der Waals surface area (Å²) in [4.78, 5) is 0. The minimum atomic E-state index is -1.59. The number of nitrogens with one attached hydrogen (secondary N) is 1. The number of halogens is 2. The quantitative estimate of drug-likeness (QED) is 0.241. The van der Waals surface area contributed by atoms with Gasteiger partial charge in [0.25, 0.3) is 0 Å². The number of thiol groups is 1. The number of aliphatic hydroxyl groups is 1. The van der Waals surface area contributed by atoms with Crippen molar-refractivity contribution >= 4 is 46.7 Å². The molecule has 1 aliphatic heterocycles. The van der Waals surface area contributed by atoms with Crippen molar-refractivity contribution < 1.29 is 9.67 Å². The Morgan fingerprint density at radius 2 is 1.65 bits per heavy atom. The van der Waals surface area contributed by atoms with Crippen LogP contribution in [0.3, 0.4) is 0 Å². The van der Waals surface area contributed by atoms with Crippen molar-refractivity contribution in [3.8, 4) is 6.07 Å². The molecule has 34 heavy (non-hydrogen) atoms. The van der Waals surface area contributed by atoms with Gasteiger partial charge in [0.1, 0.15) is 0 Å². The van der Waals surface area contributed by atoms with Crippen LogP contribution in [0.15, 0.2) is 102 Å². The molecule has 3 aromatic carbocycles. The van der Waals surface area contributed by atoms with E-state index in [0.717, 1.165) is 16.5 Å². The van der Waals surface area contributed by atoms with E-state index >= 15 is 0 Å². The van der Waals surface area contributed by atoms with Crippen molar-refractivity contribution in [3.63, 3.8) is 0 Å². The van der Waals surface area contributed by atoms with Crippen LogP contribution in [0.25, 0.3) is 10.9 Å². The molecule has 168 valence electrons. The van der Waals surface area contributed by atoms with Crippen molar-refractivity contribution in [2.24, 2.45) is 0 Å². The molecule has 0 unspecified atom stereocenters. The molecule has 0 amide bonds. The van der Waals surface area contributed by atoms with Gasteiger partial charge in [-0.05, 0) is 29.8 Å². The van der Waals surface area contributed by atoms with Gasteiger partial charge in [-0.2, -0.15) is 9.83 Å². The van der Waals surface area contributed by atoms with Crippen LogP contribution in [-0.4, -0.2) is 5.11 Å². The highest BCUT2D eigenvalue weighted by Gasteiger charge is 2.56. The maximum atomic E-state index is 12.4. The van der Waals surface area contributed by atoms with Crippen LogP contribution in [0.2, 0.25) is 10.0 Å². The number of hydrogen-bond donors (Lipinski definition) is 3. The van der Waals surface area contributed by atoms with Crippen LogP contribution in [0.1, 0.15) is 23.1 Å². The number of para-hydroxylation sites is 1. The lowest BCUT2D eigenvalue weighted by atomic mass is 9.75. The first-order valence-electron chi connectivity index (χ1n) is 10.7. The van der Waals surface area contributed by atoms with E-state index in [1.54, 1.807) is 12.1 Å². The smallest absolute Gasteiger partial charge is 0.227 e. The van der Waals surface area contributed by atoms with Gasteiger partial charge in [0, 0.05) is 23.1 Å². The van der Waals surface area contributed by atoms with Crippen LogP contribution < -0.4 is 9.88 Å². The molecule has 2 N–H and O–H groups in total. The normalized spacial score (nSPS) is 22.3. The van der Waals surface area contributed by atoms with Gasteiger partial charge in [0.15, 0.2) is 6.20 Å². The summed E-state index contributed by atoms with van der Waals surface area (Å²) in [5.41, 5.74) is 1.11. The lowest BCUT2D eigenvalue weighted by Crippen LogP contribution is -2.62. The Labute approximate surface area is 213 Å². The first kappa shape index (κ1) is 22.8. The van der Waals surface area contributed by atoms with E-state index in [0.29, 0.717) is 26.2 Å². The van der Waals surface area contributed by atoms with Crippen LogP contribution in [-0.2, 0) is 5.72 Å². The number of rotatable bonds is 3. The number of pyridine rings is 1. The highest BCUT2D eigenvalue weighted by Crippen LogP contribution is 2.48. The molecule has 7 heteroatoms. The molecular weight excluding hydrogens is 485 g/mol. The van der Waals surface area contributed by atoms with Crippen LogP contribution >= 0.6 is 35.8 Å². The Balaban J connectivity index is 1.87. The lowest BCUT2D eigenvalue weighted by Gasteiger charge is -2.42. The minimum absolute atomic E-state index is 0.307. The molecule has 1 aliphatic rings. The molecule has 0 spiro atoms. The number of fused-ring (bicyclic) bond motifs is 1. The van der Waals surface area contributed by atoms with E-state index in [2.05, 4.69) is 24.0 Å². The average Bonchev–Trinajstić information content (AvgIpc) is 2.86. The summed E-state index contributed by atoms with van der Waals surface area (Å²) >= 11 is 17.2. The number of aromatic nitrogens is 1. The summed E-state index contributed by atoms with van der Waals surface area (Å²) in [6.45, 7) is 0. The van der Waals surface area contributed by atoms with E-state index in [4.69, 9.17) is 23.2 Å². The number of allylic oxidation sites excluding steroid dienone is 1. The number of nitriles is 1. The predicted molar refractivity (Wildman–Crippen MR) is 137 cm³/mol. The summed E-state index contributed by atoms with van der Waals surface area (Å²) < 4.78 is 2.01. The molecule has 0 saturated carbocycles. The second-order valence-electron chi connectivity index (χ2n) is 8.20. The van der Waals surface area contributed by atoms with E-state index < -0.39 is 17.7 Å². The SMILES string of the molecule is N#CC1=C(S)N[C@@](O)(c2ccccc2)[C@H]([n+]2cccc3ccccc32)[C@H]1c1ccc(Cl)c(Cl)c1. The van der Waals surface area contributed by atoms with E-state index in [1.807, 2.05) is 83.6 Å². The van der Waals surface area contributed by atoms with Crippen molar-refractivity contribution in [1.82, 2.24) is 5.32 Å².